The Morgan fingerprint density at radius 2 is 1.92 bits per heavy atom. The molecule has 2 aromatic rings. The number of nitrogens with zero attached hydrogens (tertiary/aromatic N) is 2. The Kier molecular flexibility index (Phi) is 6.29. The number of thiocarbonyl (C=S) groups is 1. The van der Waals surface area contributed by atoms with Crippen LogP contribution in [0.3, 0.4) is 0 Å². The van der Waals surface area contributed by atoms with Gasteiger partial charge in [0, 0.05) is 6.07 Å². The van der Waals surface area contributed by atoms with Crippen LogP contribution in [0.5, 0.6) is 5.75 Å². The summed E-state index contributed by atoms with van der Waals surface area (Å²) in [6, 6.07) is 11.8. The Morgan fingerprint density at radius 1 is 1.24 bits per heavy atom. The van der Waals surface area contributed by atoms with Crippen molar-refractivity contribution < 1.29 is 18.4 Å². The number of benzene rings is 2. The van der Waals surface area contributed by atoms with Crippen LogP contribution in [-0.4, -0.2) is 22.9 Å². The number of para-hydroxylation sites is 2. The number of hydrazone groups is 1. The van der Waals surface area contributed by atoms with Gasteiger partial charge in [-0.15, -0.1) is 0 Å². The van der Waals surface area contributed by atoms with Crippen LogP contribution >= 0.6 is 12.2 Å². The van der Waals surface area contributed by atoms with Gasteiger partial charge >= 0.3 is 6.61 Å². The van der Waals surface area contributed by atoms with Crippen molar-refractivity contribution in [1.82, 2.24) is 5.43 Å². The minimum Gasteiger partial charge on any atom is -0.435 e. The summed E-state index contributed by atoms with van der Waals surface area (Å²) in [5, 5.41) is 17.5. The monoisotopic (exact) mass is 366 g/mol. The molecule has 0 aliphatic heterocycles. The molecule has 0 aromatic heterocycles. The summed E-state index contributed by atoms with van der Waals surface area (Å²) in [5.74, 6) is 0.0358. The highest BCUT2D eigenvalue weighted by atomic mass is 32.1. The molecule has 0 fully saturated rings. The lowest BCUT2D eigenvalue weighted by atomic mass is 10.2. The second-order valence-electron chi connectivity index (χ2n) is 4.55. The van der Waals surface area contributed by atoms with Crippen molar-refractivity contribution in [2.45, 2.75) is 6.61 Å². The fourth-order valence-electron chi connectivity index (χ4n) is 1.79. The number of nitrogens with one attached hydrogen (secondary N) is 2. The predicted octanol–water partition coefficient (Wildman–Crippen LogP) is 3.52. The molecule has 0 heterocycles. The third-order valence-corrected chi connectivity index (χ3v) is 3.03. The molecule has 0 bridgehead atoms. The molecule has 7 nitrogen and oxygen atoms in total. The van der Waals surface area contributed by atoms with Gasteiger partial charge < -0.3 is 10.1 Å². The Balaban J connectivity index is 1.91. The summed E-state index contributed by atoms with van der Waals surface area (Å²) >= 11 is 5.00. The zero-order chi connectivity index (χ0) is 18.2. The van der Waals surface area contributed by atoms with Crippen LogP contribution in [0.2, 0.25) is 0 Å². The van der Waals surface area contributed by atoms with E-state index in [0.29, 0.717) is 5.56 Å². The minimum atomic E-state index is -2.88. The SMILES string of the molecule is O=[N+]([O-])c1ccccc1NC(=S)N/N=C\c1ccc(OC(F)F)cc1. The molecule has 0 radical (unpaired) electrons. The topological polar surface area (TPSA) is 88.8 Å². The van der Waals surface area contributed by atoms with Crippen LogP contribution in [0.25, 0.3) is 0 Å². The lowest BCUT2D eigenvalue weighted by Crippen LogP contribution is -2.24. The number of nitro groups is 1. The van der Waals surface area contributed by atoms with Gasteiger partial charge in [0.25, 0.3) is 5.69 Å². The molecule has 10 heteroatoms. The van der Waals surface area contributed by atoms with Crippen LogP contribution < -0.4 is 15.5 Å². The number of rotatable bonds is 6. The van der Waals surface area contributed by atoms with E-state index in [-0.39, 0.29) is 22.2 Å². The molecular formula is C15H12F2N4O3S. The molecule has 2 N–H and O–H groups in total. The van der Waals surface area contributed by atoms with E-state index >= 15 is 0 Å². The van der Waals surface area contributed by atoms with E-state index < -0.39 is 11.5 Å². The maximum Gasteiger partial charge on any atom is 0.387 e. The van der Waals surface area contributed by atoms with Crippen LogP contribution in [0.1, 0.15) is 5.56 Å². The number of nitro benzene ring substituents is 1. The molecule has 2 aromatic carbocycles. The molecule has 0 atom stereocenters. The molecular weight excluding hydrogens is 354 g/mol. The first-order valence-corrected chi connectivity index (χ1v) is 7.25. The summed E-state index contributed by atoms with van der Waals surface area (Å²) < 4.78 is 28.3. The summed E-state index contributed by atoms with van der Waals surface area (Å²) in [6.07, 6.45) is 1.40. The van der Waals surface area contributed by atoms with E-state index in [4.69, 9.17) is 12.2 Å². The average molecular weight is 366 g/mol. The Hall–Kier alpha value is -3.14. The van der Waals surface area contributed by atoms with Crippen LogP contribution in [-0.2, 0) is 0 Å². The largest absolute Gasteiger partial charge is 0.435 e. The van der Waals surface area contributed by atoms with Crippen LogP contribution in [0.4, 0.5) is 20.2 Å². The first-order valence-electron chi connectivity index (χ1n) is 6.84. The van der Waals surface area contributed by atoms with E-state index in [1.165, 1.54) is 42.6 Å². The van der Waals surface area contributed by atoms with Crippen molar-refractivity contribution in [1.29, 1.82) is 0 Å². The van der Waals surface area contributed by atoms with E-state index in [1.807, 2.05) is 0 Å². The predicted molar refractivity (Wildman–Crippen MR) is 93.1 cm³/mol. The first-order chi connectivity index (χ1) is 12.0. The summed E-state index contributed by atoms with van der Waals surface area (Å²) in [6.45, 7) is -2.88. The minimum absolute atomic E-state index is 0.0358. The highest BCUT2D eigenvalue weighted by molar-refractivity contribution is 7.80. The molecule has 0 saturated heterocycles. The van der Waals surface area contributed by atoms with Gasteiger partial charge in [0.05, 0.1) is 11.1 Å². The maximum absolute atomic E-state index is 12.0. The highest BCUT2D eigenvalue weighted by Crippen LogP contribution is 2.22. The van der Waals surface area contributed by atoms with E-state index in [1.54, 1.807) is 12.1 Å². The van der Waals surface area contributed by atoms with Gasteiger partial charge in [-0.05, 0) is 48.1 Å². The third kappa shape index (κ3) is 5.77. The fraction of sp³-hybridized carbons (Fsp3) is 0.0667. The first kappa shape index (κ1) is 18.2. The van der Waals surface area contributed by atoms with Crippen molar-refractivity contribution in [2.75, 3.05) is 5.32 Å². The summed E-state index contributed by atoms with van der Waals surface area (Å²) in [5.41, 5.74) is 3.23. The molecule has 2 rings (SSSR count). The third-order valence-electron chi connectivity index (χ3n) is 2.83. The molecule has 25 heavy (non-hydrogen) atoms. The van der Waals surface area contributed by atoms with E-state index in [0.717, 1.165) is 0 Å². The Labute approximate surface area is 146 Å². The lowest BCUT2D eigenvalue weighted by Gasteiger charge is -2.07. The van der Waals surface area contributed by atoms with Gasteiger partial charge in [0.1, 0.15) is 11.4 Å². The molecule has 0 aliphatic carbocycles. The number of ether oxygens (including phenoxy) is 1. The van der Waals surface area contributed by atoms with Crippen molar-refractivity contribution in [3.05, 3.63) is 64.2 Å². The van der Waals surface area contributed by atoms with E-state index in [2.05, 4.69) is 20.6 Å². The number of hydrogen-bond acceptors (Lipinski definition) is 5. The summed E-state index contributed by atoms with van der Waals surface area (Å²) in [4.78, 5) is 10.4. The number of anilines is 1. The smallest absolute Gasteiger partial charge is 0.387 e. The molecule has 0 amide bonds. The second-order valence-corrected chi connectivity index (χ2v) is 4.95. The Bertz CT molecular complexity index is 785. The zero-order valence-electron chi connectivity index (χ0n) is 12.6. The van der Waals surface area contributed by atoms with Gasteiger partial charge in [0.15, 0.2) is 5.11 Å². The molecule has 0 spiro atoms. The Morgan fingerprint density at radius 3 is 2.56 bits per heavy atom. The lowest BCUT2D eigenvalue weighted by molar-refractivity contribution is -0.383. The van der Waals surface area contributed by atoms with Gasteiger partial charge in [-0.1, -0.05) is 12.1 Å². The molecule has 0 aliphatic rings. The molecule has 130 valence electrons. The maximum atomic E-state index is 12.0. The average Bonchev–Trinajstić information content (AvgIpc) is 2.56. The van der Waals surface area contributed by atoms with Crippen molar-refractivity contribution in [3.8, 4) is 5.75 Å². The quantitative estimate of drug-likeness (QED) is 0.352. The molecule has 0 unspecified atom stereocenters. The van der Waals surface area contributed by atoms with Crippen molar-refractivity contribution >= 4 is 34.9 Å². The highest BCUT2D eigenvalue weighted by Gasteiger charge is 2.12. The van der Waals surface area contributed by atoms with Crippen LogP contribution in [0, 0.1) is 10.1 Å². The van der Waals surface area contributed by atoms with Gasteiger partial charge in [0.2, 0.25) is 0 Å². The standard InChI is InChI=1S/C15H12F2N4O3S/c16-14(17)24-11-7-5-10(6-8-11)9-18-20-15(25)19-12-3-1-2-4-13(12)21(22)23/h1-9,14H,(H2,19,20,25)/b18-9-. The van der Waals surface area contributed by atoms with Gasteiger partial charge in [-0.25, -0.2) is 0 Å². The van der Waals surface area contributed by atoms with Crippen LogP contribution in [0.15, 0.2) is 53.6 Å². The second kappa shape index (κ2) is 8.64. The van der Waals surface area contributed by atoms with E-state index in [9.17, 15) is 18.9 Å². The van der Waals surface area contributed by atoms with Gasteiger partial charge in [-0.2, -0.15) is 13.9 Å². The zero-order valence-corrected chi connectivity index (χ0v) is 13.4. The number of halogens is 2. The number of alkyl halides is 2. The van der Waals surface area contributed by atoms with Gasteiger partial charge in [-0.3, -0.25) is 15.5 Å². The molecule has 0 saturated carbocycles. The normalized spacial score (nSPS) is 10.7. The van der Waals surface area contributed by atoms with Crippen molar-refractivity contribution in [2.24, 2.45) is 5.10 Å². The number of hydrogen-bond donors (Lipinski definition) is 2. The van der Waals surface area contributed by atoms with Crippen molar-refractivity contribution in [3.63, 3.8) is 0 Å². The fourth-order valence-corrected chi connectivity index (χ4v) is 1.95. The summed E-state index contributed by atoms with van der Waals surface area (Å²) in [7, 11) is 0.